The van der Waals surface area contributed by atoms with Gasteiger partial charge in [-0.1, -0.05) is 24.3 Å². The molecule has 4 aromatic rings. The van der Waals surface area contributed by atoms with Crippen molar-refractivity contribution in [3.8, 4) is 11.1 Å². The Morgan fingerprint density at radius 3 is 2.74 bits per heavy atom. The summed E-state index contributed by atoms with van der Waals surface area (Å²) in [7, 11) is 2.03. The van der Waals surface area contributed by atoms with Crippen LogP contribution in [-0.4, -0.2) is 56.8 Å². The molecular formula is C24H22FN5O. The van der Waals surface area contributed by atoms with Crippen molar-refractivity contribution in [1.29, 1.82) is 0 Å². The van der Waals surface area contributed by atoms with Gasteiger partial charge in [0.25, 0.3) is 5.91 Å². The van der Waals surface area contributed by atoms with Crippen molar-refractivity contribution in [3.63, 3.8) is 0 Å². The fourth-order valence-corrected chi connectivity index (χ4v) is 4.14. The number of pyridine rings is 2. The highest BCUT2D eigenvalue weighted by atomic mass is 19.1. The largest absolute Gasteiger partial charge is 0.335 e. The Kier molecular flexibility index (Phi) is 4.95. The van der Waals surface area contributed by atoms with Crippen molar-refractivity contribution in [3.05, 3.63) is 90.5 Å². The van der Waals surface area contributed by atoms with Crippen molar-refractivity contribution in [2.45, 2.75) is 6.04 Å². The number of imidazole rings is 1. The quantitative estimate of drug-likeness (QED) is 0.512. The Bertz CT molecular complexity index is 1240. The highest BCUT2D eigenvalue weighted by Crippen LogP contribution is 2.29. The van der Waals surface area contributed by atoms with Crippen LogP contribution in [0.3, 0.4) is 0 Å². The zero-order chi connectivity index (χ0) is 21.4. The van der Waals surface area contributed by atoms with Crippen molar-refractivity contribution in [2.24, 2.45) is 0 Å². The summed E-state index contributed by atoms with van der Waals surface area (Å²) >= 11 is 0. The van der Waals surface area contributed by atoms with Crippen LogP contribution >= 0.6 is 0 Å². The molecule has 1 amide bonds. The fourth-order valence-electron chi connectivity index (χ4n) is 4.14. The molecule has 1 atom stereocenters. The average Bonchev–Trinajstić information content (AvgIpc) is 3.23. The monoisotopic (exact) mass is 415 g/mol. The van der Waals surface area contributed by atoms with E-state index in [4.69, 9.17) is 0 Å². The summed E-state index contributed by atoms with van der Waals surface area (Å²) < 4.78 is 16.2. The van der Waals surface area contributed by atoms with E-state index < -0.39 is 5.82 Å². The topological polar surface area (TPSA) is 53.7 Å². The van der Waals surface area contributed by atoms with Crippen molar-refractivity contribution in [2.75, 3.05) is 26.7 Å². The van der Waals surface area contributed by atoms with Crippen LogP contribution in [0.4, 0.5) is 4.39 Å². The van der Waals surface area contributed by atoms with Gasteiger partial charge in [0, 0.05) is 43.8 Å². The van der Waals surface area contributed by atoms with Crippen molar-refractivity contribution in [1.82, 2.24) is 24.2 Å². The maximum Gasteiger partial charge on any atom is 0.256 e. The lowest BCUT2D eigenvalue weighted by molar-refractivity contribution is 0.0538. The third kappa shape index (κ3) is 3.57. The number of amides is 1. The number of nitrogens with zero attached hydrogens (tertiary/aromatic N) is 5. The number of piperazine rings is 1. The van der Waals surface area contributed by atoms with Crippen LogP contribution in [0.15, 0.2) is 73.4 Å². The minimum Gasteiger partial charge on any atom is -0.335 e. The molecule has 1 aromatic carbocycles. The second-order valence-corrected chi connectivity index (χ2v) is 7.81. The van der Waals surface area contributed by atoms with E-state index in [9.17, 15) is 9.18 Å². The number of carbonyl (C=O) groups excluding carboxylic acids is 1. The van der Waals surface area contributed by atoms with E-state index >= 15 is 0 Å². The molecule has 6 nitrogen and oxygen atoms in total. The third-order valence-corrected chi connectivity index (χ3v) is 5.91. The zero-order valence-corrected chi connectivity index (χ0v) is 17.1. The summed E-state index contributed by atoms with van der Waals surface area (Å²) in [5.74, 6) is -0.767. The summed E-state index contributed by atoms with van der Waals surface area (Å²) in [4.78, 5) is 25.7. The maximum absolute atomic E-state index is 14.2. The van der Waals surface area contributed by atoms with Gasteiger partial charge in [0.05, 0.1) is 29.1 Å². The van der Waals surface area contributed by atoms with E-state index in [0.29, 0.717) is 19.6 Å². The molecule has 1 saturated heterocycles. The molecule has 156 valence electrons. The van der Waals surface area contributed by atoms with Gasteiger partial charge >= 0.3 is 0 Å². The molecule has 0 bridgehead atoms. The molecule has 4 heterocycles. The number of hydrogen-bond donors (Lipinski definition) is 0. The fraction of sp³-hybridized carbons (Fsp3) is 0.208. The number of carbonyl (C=O) groups is 1. The van der Waals surface area contributed by atoms with Crippen molar-refractivity contribution >= 4 is 11.4 Å². The Morgan fingerprint density at radius 2 is 1.94 bits per heavy atom. The predicted molar refractivity (Wildman–Crippen MR) is 116 cm³/mol. The Labute approximate surface area is 179 Å². The van der Waals surface area contributed by atoms with Gasteiger partial charge in [-0.25, -0.2) is 9.37 Å². The van der Waals surface area contributed by atoms with Crippen LogP contribution < -0.4 is 0 Å². The second-order valence-electron chi connectivity index (χ2n) is 7.81. The van der Waals surface area contributed by atoms with Crippen LogP contribution in [0.1, 0.15) is 22.1 Å². The first kappa shape index (κ1) is 19.4. The lowest BCUT2D eigenvalue weighted by Crippen LogP contribution is -2.49. The molecule has 0 N–H and O–H groups in total. The summed E-state index contributed by atoms with van der Waals surface area (Å²) in [6.45, 7) is 1.70. The summed E-state index contributed by atoms with van der Waals surface area (Å²) in [5.41, 5.74) is 4.10. The second kappa shape index (κ2) is 7.92. The zero-order valence-electron chi connectivity index (χ0n) is 17.1. The minimum absolute atomic E-state index is 0.0706. The first-order chi connectivity index (χ1) is 15.1. The van der Waals surface area contributed by atoms with E-state index in [1.165, 1.54) is 12.1 Å². The normalized spacial score (nSPS) is 17.2. The number of hydrogen-bond acceptors (Lipinski definition) is 4. The van der Waals surface area contributed by atoms with E-state index in [1.54, 1.807) is 29.6 Å². The predicted octanol–water partition coefficient (Wildman–Crippen LogP) is 3.66. The first-order valence-corrected chi connectivity index (χ1v) is 10.2. The first-order valence-electron chi connectivity index (χ1n) is 10.2. The third-order valence-electron chi connectivity index (χ3n) is 5.91. The summed E-state index contributed by atoms with van der Waals surface area (Å²) in [6, 6.07) is 14.1. The van der Waals surface area contributed by atoms with E-state index in [0.717, 1.165) is 22.3 Å². The highest BCUT2D eigenvalue weighted by Gasteiger charge is 2.32. The van der Waals surface area contributed by atoms with Gasteiger partial charge in [-0.05, 0) is 36.9 Å². The van der Waals surface area contributed by atoms with E-state index in [-0.39, 0.29) is 17.5 Å². The van der Waals surface area contributed by atoms with Gasteiger partial charge in [0.2, 0.25) is 0 Å². The van der Waals surface area contributed by atoms with E-state index in [1.807, 2.05) is 36.0 Å². The molecule has 0 unspecified atom stereocenters. The van der Waals surface area contributed by atoms with Gasteiger partial charge in [0.15, 0.2) is 0 Å². The van der Waals surface area contributed by atoms with Gasteiger partial charge in [-0.15, -0.1) is 0 Å². The van der Waals surface area contributed by atoms with Gasteiger partial charge in [-0.2, -0.15) is 0 Å². The number of benzene rings is 1. The highest BCUT2D eigenvalue weighted by molar-refractivity contribution is 5.94. The molecule has 1 aliphatic heterocycles. The van der Waals surface area contributed by atoms with Crippen LogP contribution in [0.5, 0.6) is 0 Å². The van der Waals surface area contributed by atoms with Crippen LogP contribution in [0.25, 0.3) is 16.6 Å². The summed E-state index contributed by atoms with van der Waals surface area (Å²) in [5, 5.41) is 0. The Balaban J connectivity index is 1.44. The Morgan fingerprint density at radius 1 is 1.06 bits per heavy atom. The van der Waals surface area contributed by atoms with Gasteiger partial charge in [0.1, 0.15) is 5.82 Å². The van der Waals surface area contributed by atoms with Crippen LogP contribution in [0.2, 0.25) is 0 Å². The standard InChI is InChI=1S/C24H22FN5O/c1-28-11-12-29(24(31)19-6-2-3-7-20(19)25)15-22(28)23-21-9-8-18(14-30(21)16-27-23)17-5-4-10-26-13-17/h2-10,13-14,16,22H,11-12,15H2,1H3/t22-/m1/s1. The molecule has 5 rings (SSSR count). The molecule has 3 aromatic heterocycles. The lowest BCUT2D eigenvalue weighted by Gasteiger charge is -2.39. The molecule has 0 spiro atoms. The maximum atomic E-state index is 14.2. The Hall–Kier alpha value is -3.58. The summed E-state index contributed by atoms with van der Waals surface area (Å²) in [6.07, 6.45) is 7.43. The van der Waals surface area contributed by atoms with Crippen molar-refractivity contribution < 1.29 is 9.18 Å². The average molecular weight is 415 g/mol. The molecule has 0 radical (unpaired) electrons. The van der Waals surface area contributed by atoms with Crippen LogP contribution in [0, 0.1) is 5.82 Å². The minimum atomic E-state index is -0.488. The van der Waals surface area contributed by atoms with Crippen LogP contribution in [-0.2, 0) is 0 Å². The number of aromatic nitrogens is 3. The number of halogens is 1. The molecule has 0 aliphatic carbocycles. The molecule has 1 aliphatic rings. The molecule has 31 heavy (non-hydrogen) atoms. The number of fused-ring (bicyclic) bond motifs is 1. The van der Waals surface area contributed by atoms with Gasteiger partial charge < -0.3 is 9.30 Å². The van der Waals surface area contributed by atoms with Gasteiger partial charge in [-0.3, -0.25) is 14.7 Å². The molecule has 7 heteroatoms. The SMILES string of the molecule is CN1CCN(C(=O)c2ccccc2F)C[C@@H]1c1ncn2cc(-c3cccnc3)ccc12. The van der Waals surface area contributed by atoms with E-state index in [2.05, 4.69) is 27.0 Å². The number of likely N-dealkylation sites (N-methyl/N-ethyl adjacent to an activating group) is 1. The molecule has 0 saturated carbocycles. The molecule has 1 fully saturated rings. The number of rotatable bonds is 3. The lowest BCUT2D eigenvalue weighted by atomic mass is 10.1. The smallest absolute Gasteiger partial charge is 0.256 e. The molecular weight excluding hydrogens is 393 g/mol.